The van der Waals surface area contributed by atoms with Crippen LogP contribution >= 0.6 is 0 Å². The van der Waals surface area contributed by atoms with Crippen LogP contribution in [0.25, 0.3) is 11.0 Å². The lowest BCUT2D eigenvalue weighted by molar-refractivity contribution is -0.140. The van der Waals surface area contributed by atoms with E-state index in [1.807, 2.05) is 91.8 Å². The molecule has 11 nitrogen and oxygen atoms in total. The number of hydrogen-bond donors (Lipinski definition) is 1. The molecule has 1 aromatic heterocycles. The van der Waals surface area contributed by atoms with Gasteiger partial charge in [-0.25, -0.2) is 4.68 Å². The Morgan fingerprint density at radius 2 is 1.56 bits per heavy atom. The number of hydrogen-bond acceptors (Lipinski definition) is 8. The molecule has 1 atom stereocenters. The van der Waals surface area contributed by atoms with Crippen molar-refractivity contribution in [2.45, 2.75) is 19.1 Å². The Labute approximate surface area is 261 Å². The van der Waals surface area contributed by atoms with Crippen molar-refractivity contribution >= 4 is 34.2 Å². The largest absolute Gasteiger partial charge is 0.497 e. The Kier molecular flexibility index (Phi) is 9.47. The minimum atomic E-state index is -1.05. The van der Waals surface area contributed by atoms with Gasteiger partial charge in [0, 0.05) is 32.0 Å². The summed E-state index contributed by atoms with van der Waals surface area (Å²) < 4.78 is 17.9. The molecule has 232 valence electrons. The minimum absolute atomic E-state index is 0.126. The Bertz CT molecular complexity index is 1770. The second-order valence-corrected chi connectivity index (χ2v) is 10.6. The average molecular weight is 609 g/mol. The summed E-state index contributed by atoms with van der Waals surface area (Å²) in [7, 11) is 8.55. The first-order valence-corrected chi connectivity index (χ1v) is 14.3. The van der Waals surface area contributed by atoms with Gasteiger partial charge in [-0.1, -0.05) is 35.5 Å². The molecule has 0 aliphatic rings. The van der Waals surface area contributed by atoms with Crippen LogP contribution in [0.4, 0.5) is 11.4 Å². The summed E-state index contributed by atoms with van der Waals surface area (Å²) in [5.41, 5.74) is 4.31. The van der Waals surface area contributed by atoms with Crippen LogP contribution in [0, 0.1) is 0 Å². The number of carbonyl (C=O) groups is 2. The molecular formula is C34H36N6O5. The molecule has 0 saturated heterocycles. The molecule has 0 spiro atoms. The molecule has 0 saturated carbocycles. The smallest absolute Gasteiger partial charge is 0.251 e. The normalized spacial score (nSPS) is 11.5. The topological polar surface area (TPSA) is 111 Å². The van der Waals surface area contributed by atoms with Crippen LogP contribution in [-0.4, -0.2) is 67.1 Å². The molecule has 0 radical (unpaired) electrons. The minimum Gasteiger partial charge on any atom is -0.497 e. The summed E-state index contributed by atoms with van der Waals surface area (Å²) in [6.07, 6.45) is 0. The monoisotopic (exact) mass is 608 g/mol. The second-order valence-electron chi connectivity index (χ2n) is 10.6. The molecule has 11 heteroatoms. The summed E-state index contributed by atoms with van der Waals surface area (Å²) >= 11 is 0. The predicted molar refractivity (Wildman–Crippen MR) is 173 cm³/mol. The van der Waals surface area contributed by atoms with Crippen molar-refractivity contribution in [2.24, 2.45) is 0 Å². The van der Waals surface area contributed by atoms with Crippen molar-refractivity contribution in [1.29, 1.82) is 0 Å². The van der Waals surface area contributed by atoms with E-state index in [4.69, 9.17) is 14.2 Å². The van der Waals surface area contributed by atoms with Gasteiger partial charge < -0.3 is 29.3 Å². The molecule has 1 heterocycles. The number of carbonyl (C=O) groups excluding carboxylic acids is 2. The second kappa shape index (κ2) is 13.8. The fourth-order valence-electron chi connectivity index (χ4n) is 5.05. The highest BCUT2D eigenvalue weighted by atomic mass is 16.5. The van der Waals surface area contributed by atoms with Gasteiger partial charge in [0.1, 0.15) is 23.9 Å². The van der Waals surface area contributed by atoms with Crippen molar-refractivity contribution in [2.75, 3.05) is 45.6 Å². The highest BCUT2D eigenvalue weighted by Gasteiger charge is 2.33. The Hall–Kier alpha value is -5.58. The first-order chi connectivity index (χ1) is 21.8. The number of para-hydroxylation sites is 1. The van der Waals surface area contributed by atoms with Gasteiger partial charge >= 0.3 is 0 Å². The van der Waals surface area contributed by atoms with E-state index in [0.717, 1.165) is 11.3 Å². The standard InChI is InChI=1S/C34H36N6O5/c1-38(2)26-15-13-25(14-16-26)35-34(42)33(24-12-19-30(44-4)31(20-24)45-5)39(21-23-10-17-27(43-3)18-11-23)32(41)22-40-29-9-7-6-8-28(29)36-37-40/h6-20,33H,21-22H2,1-5H3,(H,35,42)/t33-/m1/s1. The van der Waals surface area contributed by atoms with Crippen LogP contribution in [0.3, 0.4) is 0 Å². The maximum atomic E-state index is 14.3. The van der Waals surface area contributed by atoms with Crippen molar-refractivity contribution in [3.63, 3.8) is 0 Å². The quantitative estimate of drug-likeness (QED) is 0.212. The summed E-state index contributed by atoms with van der Waals surface area (Å²) in [6, 6.07) is 26.4. The van der Waals surface area contributed by atoms with Crippen LogP contribution in [0.15, 0.2) is 91.0 Å². The zero-order valence-corrected chi connectivity index (χ0v) is 25.9. The lowest BCUT2D eigenvalue weighted by Crippen LogP contribution is -2.42. The number of benzene rings is 4. The molecule has 4 aromatic carbocycles. The van der Waals surface area contributed by atoms with E-state index in [1.165, 1.54) is 7.11 Å². The van der Waals surface area contributed by atoms with E-state index >= 15 is 0 Å². The first kappa shape index (κ1) is 30.9. The van der Waals surface area contributed by atoms with Crippen molar-refractivity contribution in [1.82, 2.24) is 19.9 Å². The Morgan fingerprint density at radius 1 is 0.844 bits per heavy atom. The van der Waals surface area contributed by atoms with Gasteiger partial charge in [-0.3, -0.25) is 9.59 Å². The Balaban J connectivity index is 1.58. The number of fused-ring (bicyclic) bond motifs is 1. The summed E-state index contributed by atoms with van der Waals surface area (Å²) in [4.78, 5) is 32.1. The molecule has 0 bridgehead atoms. The van der Waals surface area contributed by atoms with E-state index < -0.39 is 11.9 Å². The third-order valence-electron chi connectivity index (χ3n) is 7.47. The van der Waals surface area contributed by atoms with Crippen LogP contribution in [0.2, 0.25) is 0 Å². The molecule has 0 aliphatic carbocycles. The number of amides is 2. The van der Waals surface area contributed by atoms with Crippen molar-refractivity contribution < 1.29 is 23.8 Å². The van der Waals surface area contributed by atoms with E-state index in [9.17, 15) is 9.59 Å². The maximum Gasteiger partial charge on any atom is 0.251 e. The first-order valence-electron chi connectivity index (χ1n) is 14.3. The number of ether oxygens (including phenoxy) is 3. The SMILES string of the molecule is COc1ccc(CN(C(=O)Cn2nnc3ccccc32)[C@@H](C(=O)Nc2ccc(N(C)C)cc2)c2ccc(OC)c(OC)c2)cc1. The third kappa shape index (κ3) is 6.98. The van der Waals surface area contributed by atoms with Gasteiger partial charge in [0.2, 0.25) is 5.91 Å². The summed E-state index contributed by atoms with van der Waals surface area (Å²) in [5, 5.41) is 11.5. The average Bonchev–Trinajstić information content (AvgIpc) is 3.47. The van der Waals surface area contributed by atoms with Gasteiger partial charge in [0.05, 0.1) is 26.8 Å². The summed E-state index contributed by atoms with van der Waals surface area (Å²) in [6.45, 7) is -0.00722. The van der Waals surface area contributed by atoms with Gasteiger partial charge in [-0.15, -0.1) is 5.10 Å². The van der Waals surface area contributed by atoms with E-state index in [0.29, 0.717) is 39.5 Å². The number of rotatable bonds is 12. The molecule has 5 aromatic rings. The fourth-order valence-corrected chi connectivity index (χ4v) is 5.05. The molecule has 0 aliphatic heterocycles. The molecule has 0 fully saturated rings. The lowest BCUT2D eigenvalue weighted by Gasteiger charge is -2.32. The highest BCUT2D eigenvalue weighted by Crippen LogP contribution is 2.34. The highest BCUT2D eigenvalue weighted by molar-refractivity contribution is 5.98. The van der Waals surface area contributed by atoms with Crippen LogP contribution in [0.1, 0.15) is 17.2 Å². The third-order valence-corrected chi connectivity index (χ3v) is 7.47. The number of nitrogens with one attached hydrogen (secondary N) is 1. The van der Waals surface area contributed by atoms with Crippen LogP contribution in [0.5, 0.6) is 17.2 Å². The predicted octanol–water partition coefficient (Wildman–Crippen LogP) is 4.93. The maximum absolute atomic E-state index is 14.3. The van der Waals surface area contributed by atoms with Crippen molar-refractivity contribution in [3.05, 3.63) is 102 Å². The number of nitrogens with zero attached hydrogens (tertiary/aromatic N) is 5. The zero-order valence-electron chi connectivity index (χ0n) is 25.9. The van der Waals surface area contributed by atoms with Gasteiger partial charge in [0.15, 0.2) is 11.5 Å². The zero-order chi connectivity index (χ0) is 31.9. The molecular weight excluding hydrogens is 572 g/mol. The van der Waals surface area contributed by atoms with Gasteiger partial charge in [-0.2, -0.15) is 0 Å². The Morgan fingerprint density at radius 3 is 2.22 bits per heavy atom. The van der Waals surface area contributed by atoms with Gasteiger partial charge in [-0.05, 0) is 71.8 Å². The molecule has 5 rings (SSSR count). The fraction of sp³-hybridized carbons (Fsp3) is 0.235. The van der Waals surface area contributed by atoms with Crippen LogP contribution in [-0.2, 0) is 22.7 Å². The molecule has 0 unspecified atom stereocenters. The number of methoxy groups -OCH3 is 3. The number of aromatic nitrogens is 3. The summed E-state index contributed by atoms with van der Waals surface area (Å²) in [5.74, 6) is 0.884. The van der Waals surface area contributed by atoms with E-state index in [2.05, 4.69) is 15.6 Å². The number of anilines is 2. The van der Waals surface area contributed by atoms with E-state index in [-0.39, 0.29) is 19.0 Å². The molecule has 45 heavy (non-hydrogen) atoms. The van der Waals surface area contributed by atoms with E-state index in [1.54, 1.807) is 42.0 Å². The molecule has 1 N–H and O–H groups in total. The van der Waals surface area contributed by atoms with Crippen molar-refractivity contribution in [3.8, 4) is 17.2 Å². The molecule has 2 amide bonds. The van der Waals surface area contributed by atoms with Gasteiger partial charge in [0.25, 0.3) is 5.91 Å². The van der Waals surface area contributed by atoms with Crippen LogP contribution < -0.4 is 24.4 Å². The lowest BCUT2D eigenvalue weighted by atomic mass is 10.0.